The highest BCUT2D eigenvalue weighted by atomic mass is 79.9. The quantitative estimate of drug-likeness (QED) is 0.750. The van der Waals surface area contributed by atoms with Crippen LogP contribution in [0.5, 0.6) is 0 Å². The van der Waals surface area contributed by atoms with Gasteiger partial charge in [0.05, 0.1) is 0 Å². The molecule has 1 N–H and O–H groups in total. The van der Waals surface area contributed by atoms with Crippen LogP contribution < -0.4 is 5.32 Å². The molecule has 0 fully saturated rings. The Labute approximate surface area is 101 Å². The Bertz CT molecular complexity index is 234. The topological polar surface area (TPSA) is 27.6 Å². The van der Waals surface area contributed by atoms with Crippen molar-refractivity contribution in [1.82, 2.24) is 10.2 Å². The second-order valence-corrected chi connectivity index (χ2v) is 4.75. The summed E-state index contributed by atoms with van der Waals surface area (Å²) in [6.45, 7) is 8.65. The Kier molecular flexibility index (Phi) is 5.95. The van der Waals surface area contributed by atoms with Crippen molar-refractivity contribution in [2.24, 2.45) is 4.99 Å². The van der Waals surface area contributed by atoms with Crippen LogP contribution in [0.25, 0.3) is 0 Å². The molecule has 1 rings (SSSR count). The largest absolute Gasteiger partial charge is 0.369 e. The lowest BCUT2D eigenvalue weighted by Gasteiger charge is -2.19. The van der Waals surface area contributed by atoms with E-state index in [-0.39, 0.29) is 0 Å². The number of rotatable bonds is 6. The highest BCUT2D eigenvalue weighted by molar-refractivity contribution is 9.09. The molecule has 1 atom stereocenters. The summed E-state index contributed by atoms with van der Waals surface area (Å²) in [6, 6.07) is 0. The first-order chi connectivity index (χ1) is 7.26. The summed E-state index contributed by atoms with van der Waals surface area (Å²) in [7, 11) is 0. The number of nitrogens with one attached hydrogen (secondary N) is 1. The predicted octanol–water partition coefficient (Wildman–Crippen LogP) is 2.00. The minimum absolute atomic E-state index is 0.436. The van der Waals surface area contributed by atoms with E-state index in [1.54, 1.807) is 0 Å². The van der Waals surface area contributed by atoms with Crippen molar-refractivity contribution in [1.29, 1.82) is 0 Å². The number of aliphatic imine (C=N–C) groups is 1. The molecule has 1 heterocycles. The van der Waals surface area contributed by atoms with Crippen molar-refractivity contribution in [2.45, 2.75) is 25.1 Å². The van der Waals surface area contributed by atoms with E-state index in [4.69, 9.17) is 0 Å². The van der Waals surface area contributed by atoms with Gasteiger partial charge in [-0.05, 0) is 25.6 Å². The van der Waals surface area contributed by atoms with Gasteiger partial charge in [0, 0.05) is 24.1 Å². The summed E-state index contributed by atoms with van der Waals surface area (Å²) in [6.07, 6.45) is 5.07. The summed E-state index contributed by atoms with van der Waals surface area (Å²) in [5.41, 5.74) is 0. The van der Waals surface area contributed by atoms with Crippen LogP contribution in [0.4, 0.5) is 0 Å². The number of nitrogens with zero attached hydrogens (tertiary/aromatic N) is 2. The SMILES string of the molecule is CCN(CC)CCNC1=CC(Br)CC=N1. The summed E-state index contributed by atoms with van der Waals surface area (Å²) in [5, 5.41) is 3.34. The summed E-state index contributed by atoms with van der Waals surface area (Å²) < 4.78 is 0. The number of likely N-dealkylation sites (N-methyl/N-ethyl adjacent to an activating group) is 1. The Morgan fingerprint density at radius 1 is 1.53 bits per heavy atom. The van der Waals surface area contributed by atoms with E-state index >= 15 is 0 Å². The molecule has 15 heavy (non-hydrogen) atoms. The molecule has 0 aromatic heterocycles. The molecule has 0 aliphatic carbocycles. The van der Waals surface area contributed by atoms with E-state index in [0.29, 0.717) is 4.83 Å². The molecule has 0 radical (unpaired) electrons. The zero-order chi connectivity index (χ0) is 11.1. The Morgan fingerprint density at radius 2 is 2.27 bits per heavy atom. The smallest absolute Gasteiger partial charge is 0.122 e. The summed E-state index contributed by atoms with van der Waals surface area (Å²) in [4.78, 5) is 7.14. The first-order valence-corrected chi connectivity index (χ1v) is 6.52. The van der Waals surface area contributed by atoms with E-state index in [2.05, 4.69) is 51.1 Å². The third-order valence-corrected chi connectivity index (χ3v) is 3.17. The molecule has 1 unspecified atom stereocenters. The molecule has 1 aliphatic heterocycles. The van der Waals surface area contributed by atoms with Crippen LogP contribution >= 0.6 is 15.9 Å². The molecule has 0 spiro atoms. The first kappa shape index (κ1) is 12.7. The van der Waals surface area contributed by atoms with Crippen molar-refractivity contribution < 1.29 is 0 Å². The molecule has 3 nitrogen and oxygen atoms in total. The molecule has 0 bridgehead atoms. The van der Waals surface area contributed by atoms with E-state index in [1.165, 1.54) is 0 Å². The van der Waals surface area contributed by atoms with E-state index in [1.807, 2.05) is 6.21 Å². The first-order valence-electron chi connectivity index (χ1n) is 5.60. The highest BCUT2D eigenvalue weighted by Crippen LogP contribution is 2.12. The van der Waals surface area contributed by atoms with Crippen LogP contribution in [0.1, 0.15) is 20.3 Å². The van der Waals surface area contributed by atoms with E-state index < -0.39 is 0 Å². The van der Waals surface area contributed by atoms with Gasteiger partial charge in [-0.3, -0.25) is 0 Å². The van der Waals surface area contributed by atoms with Gasteiger partial charge in [-0.25, -0.2) is 4.99 Å². The Morgan fingerprint density at radius 3 is 2.87 bits per heavy atom. The van der Waals surface area contributed by atoms with Gasteiger partial charge in [-0.1, -0.05) is 29.8 Å². The zero-order valence-electron chi connectivity index (χ0n) is 9.54. The van der Waals surface area contributed by atoms with Crippen molar-refractivity contribution >= 4 is 22.1 Å². The fourth-order valence-corrected chi connectivity index (χ4v) is 1.94. The minimum atomic E-state index is 0.436. The molecule has 86 valence electrons. The molecule has 0 saturated heterocycles. The highest BCUT2D eigenvalue weighted by Gasteiger charge is 2.06. The summed E-state index contributed by atoms with van der Waals surface area (Å²) in [5.74, 6) is 0.996. The minimum Gasteiger partial charge on any atom is -0.369 e. The lowest BCUT2D eigenvalue weighted by atomic mass is 10.2. The maximum Gasteiger partial charge on any atom is 0.122 e. The lowest BCUT2D eigenvalue weighted by Crippen LogP contribution is -2.31. The maximum atomic E-state index is 4.30. The van der Waals surface area contributed by atoms with Gasteiger partial charge in [0.1, 0.15) is 5.82 Å². The Balaban J connectivity index is 2.22. The fraction of sp³-hybridized carbons (Fsp3) is 0.727. The molecule has 0 saturated carbocycles. The maximum absolute atomic E-state index is 4.30. The van der Waals surface area contributed by atoms with Crippen LogP contribution in [0.2, 0.25) is 0 Å². The zero-order valence-corrected chi connectivity index (χ0v) is 11.1. The van der Waals surface area contributed by atoms with Crippen LogP contribution in [0, 0.1) is 0 Å². The van der Waals surface area contributed by atoms with Gasteiger partial charge in [0.25, 0.3) is 0 Å². The standard InChI is InChI=1S/C11H20BrN3/c1-3-15(4-2)8-7-14-11-9-10(12)5-6-13-11/h6,9-10,14H,3-5,7-8H2,1-2H3. The van der Waals surface area contributed by atoms with Crippen LogP contribution in [0.15, 0.2) is 16.9 Å². The molecule has 0 amide bonds. The number of alkyl halides is 1. The van der Waals surface area contributed by atoms with Crippen LogP contribution in [-0.2, 0) is 0 Å². The number of halogens is 1. The Hall–Kier alpha value is -0.350. The third kappa shape index (κ3) is 4.80. The van der Waals surface area contributed by atoms with Crippen molar-refractivity contribution in [2.75, 3.05) is 26.2 Å². The molecular formula is C11H20BrN3. The van der Waals surface area contributed by atoms with Crippen molar-refractivity contribution in [3.63, 3.8) is 0 Å². The molecular weight excluding hydrogens is 254 g/mol. The van der Waals surface area contributed by atoms with Crippen LogP contribution in [-0.4, -0.2) is 42.1 Å². The van der Waals surface area contributed by atoms with Crippen LogP contribution in [0.3, 0.4) is 0 Å². The van der Waals surface area contributed by atoms with Gasteiger partial charge >= 0.3 is 0 Å². The van der Waals surface area contributed by atoms with Gasteiger partial charge in [0.2, 0.25) is 0 Å². The monoisotopic (exact) mass is 273 g/mol. The normalized spacial score (nSPS) is 20.5. The third-order valence-electron chi connectivity index (χ3n) is 2.53. The second kappa shape index (κ2) is 7.01. The van der Waals surface area contributed by atoms with Crippen molar-refractivity contribution in [3.05, 3.63) is 11.9 Å². The molecule has 1 aliphatic rings. The van der Waals surface area contributed by atoms with Gasteiger partial charge in [-0.2, -0.15) is 0 Å². The molecule has 0 aromatic rings. The molecule has 0 aromatic carbocycles. The predicted molar refractivity (Wildman–Crippen MR) is 69.7 cm³/mol. The van der Waals surface area contributed by atoms with Gasteiger partial charge in [0.15, 0.2) is 0 Å². The molecule has 4 heteroatoms. The number of hydrogen-bond acceptors (Lipinski definition) is 3. The lowest BCUT2D eigenvalue weighted by molar-refractivity contribution is 0.306. The second-order valence-electron chi connectivity index (χ2n) is 3.57. The average Bonchev–Trinajstić information content (AvgIpc) is 2.25. The fourth-order valence-electron chi connectivity index (χ4n) is 1.52. The van der Waals surface area contributed by atoms with E-state index in [9.17, 15) is 0 Å². The average molecular weight is 274 g/mol. The van der Waals surface area contributed by atoms with Crippen molar-refractivity contribution in [3.8, 4) is 0 Å². The number of hydrogen-bond donors (Lipinski definition) is 1. The van der Waals surface area contributed by atoms with Gasteiger partial charge in [-0.15, -0.1) is 0 Å². The summed E-state index contributed by atoms with van der Waals surface area (Å²) >= 11 is 3.56. The number of allylic oxidation sites excluding steroid dienone is 1. The van der Waals surface area contributed by atoms with Gasteiger partial charge < -0.3 is 10.2 Å². The van der Waals surface area contributed by atoms with E-state index in [0.717, 1.165) is 38.4 Å².